The van der Waals surface area contributed by atoms with Crippen LogP contribution in [0, 0.1) is 6.92 Å². The summed E-state index contributed by atoms with van der Waals surface area (Å²) in [5.41, 5.74) is 4.05. The lowest BCUT2D eigenvalue weighted by Crippen LogP contribution is -2.27. The summed E-state index contributed by atoms with van der Waals surface area (Å²) in [4.78, 5) is 26.5. The zero-order valence-electron chi connectivity index (χ0n) is 15.0. The van der Waals surface area contributed by atoms with E-state index in [0.717, 1.165) is 52.4 Å². The number of rotatable bonds is 2. The van der Waals surface area contributed by atoms with E-state index in [1.165, 1.54) is 0 Å². The first-order chi connectivity index (χ1) is 13.2. The van der Waals surface area contributed by atoms with Gasteiger partial charge in [0.15, 0.2) is 5.65 Å². The largest absolute Gasteiger partial charge is 0.317 e. The highest BCUT2D eigenvalue weighted by Gasteiger charge is 2.17. The second-order valence-corrected chi connectivity index (χ2v) is 8.19. The topological polar surface area (TPSA) is 72.2 Å². The molecular weight excluding hydrogens is 358 g/mol. The summed E-state index contributed by atoms with van der Waals surface area (Å²) >= 11 is 1.65. The molecule has 7 heteroatoms. The van der Waals surface area contributed by atoms with Gasteiger partial charge in [-0.2, -0.15) is 0 Å². The van der Waals surface area contributed by atoms with E-state index < -0.39 is 0 Å². The molecule has 0 aliphatic carbocycles. The number of hydrogen-bond acceptors (Lipinski definition) is 6. The maximum atomic E-state index is 12.7. The van der Waals surface area contributed by atoms with Crippen LogP contribution in [0.1, 0.15) is 29.5 Å². The molecule has 5 rings (SSSR count). The molecule has 0 radical (unpaired) electrons. The van der Waals surface area contributed by atoms with Crippen molar-refractivity contribution in [1.82, 2.24) is 24.7 Å². The number of thiazole rings is 1. The average Bonchev–Trinajstić information content (AvgIpc) is 3.07. The van der Waals surface area contributed by atoms with Crippen molar-refractivity contribution >= 4 is 27.2 Å². The molecule has 27 heavy (non-hydrogen) atoms. The Morgan fingerprint density at radius 2 is 2.04 bits per heavy atom. The van der Waals surface area contributed by atoms with Crippen LogP contribution in [0.15, 0.2) is 41.5 Å². The van der Waals surface area contributed by atoms with Crippen molar-refractivity contribution < 1.29 is 0 Å². The Hall–Kier alpha value is -2.64. The SMILES string of the molecule is Cc1nc2ccc(-c3cc(=O)n4cc(C5CCNCC5)ncc4n3)cc2s1. The number of hydrogen-bond donors (Lipinski definition) is 1. The fourth-order valence-corrected chi connectivity index (χ4v) is 4.57. The second-order valence-electron chi connectivity index (χ2n) is 6.96. The van der Waals surface area contributed by atoms with Gasteiger partial charge in [0.2, 0.25) is 0 Å². The Morgan fingerprint density at radius 1 is 1.19 bits per heavy atom. The van der Waals surface area contributed by atoms with Crippen LogP contribution in [0.4, 0.5) is 0 Å². The minimum absolute atomic E-state index is 0.0758. The standard InChI is InChI=1S/C20H19N5OS/c1-12-23-15-3-2-14(8-18(15)27-12)16-9-20(26)25-11-17(22-10-19(25)24-16)13-4-6-21-7-5-13/h2-3,8-11,13,21H,4-7H2,1H3. The van der Waals surface area contributed by atoms with Crippen molar-refractivity contribution in [3.05, 3.63) is 57.7 Å². The molecule has 6 nitrogen and oxygen atoms in total. The Morgan fingerprint density at radius 3 is 2.89 bits per heavy atom. The van der Waals surface area contributed by atoms with Gasteiger partial charge in [-0.1, -0.05) is 6.07 Å². The van der Waals surface area contributed by atoms with Gasteiger partial charge in [0.05, 0.1) is 32.8 Å². The highest BCUT2D eigenvalue weighted by molar-refractivity contribution is 7.18. The number of nitrogens with zero attached hydrogens (tertiary/aromatic N) is 4. The molecule has 3 aromatic heterocycles. The molecule has 0 spiro atoms. The molecule has 1 fully saturated rings. The second kappa shape index (κ2) is 6.51. The van der Waals surface area contributed by atoms with Gasteiger partial charge in [-0.25, -0.2) is 9.97 Å². The van der Waals surface area contributed by atoms with Gasteiger partial charge in [0, 0.05) is 23.7 Å². The van der Waals surface area contributed by atoms with Crippen molar-refractivity contribution in [2.24, 2.45) is 0 Å². The van der Waals surface area contributed by atoms with Crippen LogP contribution in [0.25, 0.3) is 27.1 Å². The van der Waals surface area contributed by atoms with E-state index in [9.17, 15) is 4.79 Å². The first-order valence-electron chi connectivity index (χ1n) is 9.15. The molecule has 1 N–H and O–H groups in total. The normalized spacial score (nSPS) is 15.6. The lowest BCUT2D eigenvalue weighted by Gasteiger charge is -2.22. The van der Waals surface area contributed by atoms with E-state index >= 15 is 0 Å². The summed E-state index contributed by atoms with van der Waals surface area (Å²) in [5.74, 6) is 0.402. The number of aryl methyl sites for hydroxylation is 1. The van der Waals surface area contributed by atoms with Gasteiger partial charge in [0.25, 0.3) is 5.56 Å². The molecule has 0 bridgehead atoms. The van der Waals surface area contributed by atoms with E-state index in [1.807, 2.05) is 25.3 Å². The lowest BCUT2D eigenvalue weighted by atomic mass is 9.95. The quantitative estimate of drug-likeness (QED) is 0.581. The van der Waals surface area contributed by atoms with Gasteiger partial charge in [-0.15, -0.1) is 11.3 Å². The molecule has 0 amide bonds. The highest BCUT2D eigenvalue weighted by Crippen LogP contribution is 2.27. The zero-order chi connectivity index (χ0) is 18.4. The molecule has 0 atom stereocenters. The molecule has 1 saturated heterocycles. The predicted octanol–water partition coefficient (Wildman–Crippen LogP) is 3.14. The van der Waals surface area contributed by atoms with Crippen molar-refractivity contribution in [2.75, 3.05) is 13.1 Å². The maximum absolute atomic E-state index is 12.7. The van der Waals surface area contributed by atoms with Gasteiger partial charge in [-0.3, -0.25) is 14.2 Å². The van der Waals surface area contributed by atoms with Crippen LogP contribution in [-0.2, 0) is 0 Å². The third-order valence-electron chi connectivity index (χ3n) is 5.12. The highest BCUT2D eigenvalue weighted by atomic mass is 32.1. The van der Waals surface area contributed by atoms with Crippen molar-refractivity contribution in [1.29, 1.82) is 0 Å². The van der Waals surface area contributed by atoms with Crippen LogP contribution >= 0.6 is 11.3 Å². The van der Waals surface area contributed by atoms with Crippen molar-refractivity contribution in [3.8, 4) is 11.3 Å². The average molecular weight is 377 g/mol. The molecule has 1 aromatic carbocycles. The summed E-state index contributed by atoms with van der Waals surface area (Å²) in [6.07, 6.45) is 5.68. The smallest absolute Gasteiger partial charge is 0.258 e. The first kappa shape index (κ1) is 16.5. The lowest BCUT2D eigenvalue weighted by molar-refractivity contribution is 0.452. The van der Waals surface area contributed by atoms with Crippen LogP contribution in [0.2, 0.25) is 0 Å². The molecule has 4 heterocycles. The summed E-state index contributed by atoms with van der Waals surface area (Å²) in [7, 11) is 0. The van der Waals surface area contributed by atoms with Gasteiger partial charge in [-0.05, 0) is 45.0 Å². The third-order valence-corrected chi connectivity index (χ3v) is 6.05. The van der Waals surface area contributed by atoms with Crippen molar-refractivity contribution in [3.63, 3.8) is 0 Å². The summed E-state index contributed by atoms with van der Waals surface area (Å²) in [6.45, 7) is 3.99. The first-order valence-corrected chi connectivity index (χ1v) is 9.97. The molecule has 0 saturated carbocycles. The van der Waals surface area contributed by atoms with Gasteiger partial charge >= 0.3 is 0 Å². The fourth-order valence-electron chi connectivity index (χ4n) is 3.70. The van der Waals surface area contributed by atoms with Crippen LogP contribution in [-0.4, -0.2) is 32.4 Å². The van der Waals surface area contributed by atoms with E-state index in [2.05, 4.69) is 26.3 Å². The van der Waals surface area contributed by atoms with Crippen molar-refractivity contribution in [2.45, 2.75) is 25.7 Å². The Labute approximate surface area is 159 Å². The minimum Gasteiger partial charge on any atom is -0.317 e. The monoisotopic (exact) mass is 377 g/mol. The summed E-state index contributed by atoms with van der Waals surface area (Å²) in [5, 5.41) is 4.39. The molecular formula is C20H19N5OS. The summed E-state index contributed by atoms with van der Waals surface area (Å²) in [6, 6.07) is 7.61. The zero-order valence-corrected chi connectivity index (χ0v) is 15.8. The Balaban J connectivity index is 1.58. The number of benzene rings is 1. The molecule has 1 aliphatic heterocycles. The maximum Gasteiger partial charge on any atom is 0.258 e. The Bertz CT molecular complexity index is 1210. The van der Waals surface area contributed by atoms with E-state index in [0.29, 0.717) is 17.3 Å². The van der Waals surface area contributed by atoms with Gasteiger partial charge in [0.1, 0.15) is 0 Å². The number of piperidine rings is 1. The number of aromatic nitrogens is 4. The van der Waals surface area contributed by atoms with Crippen LogP contribution in [0.3, 0.4) is 0 Å². The fraction of sp³-hybridized carbons (Fsp3) is 0.300. The van der Waals surface area contributed by atoms with Crippen LogP contribution in [0.5, 0.6) is 0 Å². The predicted molar refractivity (Wildman–Crippen MR) is 107 cm³/mol. The third kappa shape index (κ3) is 3.02. The number of nitrogens with one attached hydrogen (secondary N) is 1. The number of fused-ring (bicyclic) bond motifs is 2. The molecule has 4 aromatic rings. The summed E-state index contributed by atoms with van der Waals surface area (Å²) < 4.78 is 2.72. The van der Waals surface area contributed by atoms with Gasteiger partial charge < -0.3 is 5.32 Å². The Kier molecular flexibility index (Phi) is 3.98. The van der Waals surface area contributed by atoms with E-state index in [-0.39, 0.29) is 5.56 Å². The van der Waals surface area contributed by atoms with E-state index in [1.54, 1.807) is 28.0 Å². The van der Waals surface area contributed by atoms with Crippen LogP contribution < -0.4 is 10.9 Å². The minimum atomic E-state index is -0.0758. The molecule has 1 aliphatic rings. The molecule has 136 valence electrons. The van der Waals surface area contributed by atoms with E-state index in [4.69, 9.17) is 0 Å². The molecule has 0 unspecified atom stereocenters.